The average molecular weight is 449 g/mol. The molecule has 1 aliphatic rings. The number of rotatable bonds is 7. The van der Waals surface area contributed by atoms with Crippen molar-refractivity contribution in [2.24, 2.45) is 0 Å². The maximum Gasteiger partial charge on any atom is 0.254 e. The highest BCUT2D eigenvalue weighted by molar-refractivity contribution is 7.89. The molecule has 0 aliphatic carbocycles. The predicted octanol–water partition coefficient (Wildman–Crippen LogP) is 4.70. The zero-order chi connectivity index (χ0) is 22.4. The van der Waals surface area contributed by atoms with Gasteiger partial charge in [-0.05, 0) is 42.2 Å². The molecule has 3 aromatic rings. The zero-order valence-corrected chi connectivity index (χ0v) is 18.9. The van der Waals surface area contributed by atoms with Gasteiger partial charge in [0, 0.05) is 31.7 Å². The lowest BCUT2D eigenvalue weighted by Crippen LogP contribution is -2.36. The Balaban J connectivity index is 1.62. The van der Waals surface area contributed by atoms with Crippen molar-refractivity contribution in [2.45, 2.75) is 37.2 Å². The summed E-state index contributed by atoms with van der Waals surface area (Å²) < 4.78 is 27.8. The Morgan fingerprint density at radius 3 is 1.88 bits per heavy atom. The maximum absolute atomic E-state index is 13.5. The number of hydrogen-bond acceptors (Lipinski definition) is 3. The van der Waals surface area contributed by atoms with Gasteiger partial charge in [0.1, 0.15) is 0 Å². The van der Waals surface area contributed by atoms with Crippen LogP contribution in [-0.4, -0.2) is 36.6 Å². The van der Waals surface area contributed by atoms with Crippen molar-refractivity contribution in [3.63, 3.8) is 0 Å². The minimum atomic E-state index is -3.60. The summed E-state index contributed by atoms with van der Waals surface area (Å²) in [6.45, 7) is 1.96. The Morgan fingerprint density at radius 2 is 1.31 bits per heavy atom. The number of nitrogens with zero attached hydrogens (tertiary/aromatic N) is 2. The van der Waals surface area contributed by atoms with Gasteiger partial charge in [-0.25, -0.2) is 8.42 Å². The molecule has 4 rings (SSSR count). The predicted molar refractivity (Wildman–Crippen MR) is 126 cm³/mol. The first kappa shape index (κ1) is 22.2. The average Bonchev–Trinajstić information content (AvgIpc) is 2.85. The minimum Gasteiger partial charge on any atom is -0.330 e. The molecule has 3 aromatic carbocycles. The largest absolute Gasteiger partial charge is 0.330 e. The summed E-state index contributed by atoms with van der Waals surface area (Å²) in [4.78, 5) is 15.5. The Morgan fingerprint density at radius 1 is 0.750 bits per heavy atom. The zero-order valence-electron chi connectivity index (χ0n) is 18.1. The number of hydrogen-bond donors (Lipinski definition) is 0. The molecule has 1 aliphatic heterocycles. The number of benzene rings is 3. The molecule has 0 bridgehead atoms. The Hall–Kier alpha value is -2.96. The fourth-order valence-corrected chi connectivity index (χ4v) is 5.60. The monoisotopic (exact) mass is 448 g/mol. The van der Waals surface area contributed by atoms with Crippen LogP contribution in [0.1, 0.15) is 40.7 Å². The minimum absolute atomic E-state index is 0.185. The van der Waals surface area contributed by atoms with Gasteiger partial charge in [-0.1, -0.05) is 73.2 Å². The van der Waals surface area contributed by atoms with E-state index in [0.717, 1.165) is 30.4 Å². The first-order chi connectivity index (χ1) is 15.5. The summed E-state index contributed by atoms with van der Waals surface area (Å²) in [5.41, 5.74) is 2.43. The second-order valence-corrected chi connectivity index (χ2v) is 10.1. The van der Waals surface area contributed by atoms with Crippen LogP contribution >= 0.6 is 0 Å². The first-order valence-corrected chi connectivity index (χ1v) is 12.5. The normalized spacial score (nSPS) is 14.8. The van der Waals surface area contributed by atoms with Crippen LogP contribution in [0.2, 0.25) is 0 Å². The van der Waals surface area contributed by atoms with Crippen LogP contribution in [0.15, 0.2) is 89.8 Å². The molecular formula is C26H28N2O3S. The smallest absolute Gasteiger partial charge is 0.254 e. The van der Waals surface area contributed by atoms with Crippen LogP contribution in [0.3, 0.4) is 0 Å². The van der Waals surface area contributed by atoms with E-state index >= 15 is 0 Å². The Bertz CT molecular complexity index is 1100. The van der Waals surface area contributed by atoms with Crippen molar-refractivity contribution in [3.8, 4) is 0 Å². The van der Waals surface area contributed by atoms with Crippen LogP contribution in [0.4, 0.5) is 0 Å². The molecule has 0 atom stereocenters. The van der Waals surface area contributed by atoms with Gasteiger partial charge in [-0.2, -0.15) is 4.31 Å². The van der Waals surface area contributed by atoms with Gasteiger partial charge in [0.2, 0.25) is 10.0 Å². The van der Waals surface area contributed by atoms with Crippen molar-refractivity contribution in [3.05, 3.63) is 102 Å². The second kappa shape index (κ2) is 10.1. The maximum atomic E-state index is 13.5. The quantitative estimate of drug-likeness (QED) is 0.526. The van der Waals surface area contributed by atoms with Crippen LogP contribution < -0.4 is 0 Å². The lowest BCUT2D eigenvalue weighted by molar-refractivity contribution is 0.0729. The van der Waals surface area contributed by atoms with E-state index in [-0.39, 0.29) is 10.8 Å². The van der Waals surface area contributed by atoms with Gasteiger partial charge in [-0.3, -0.25) is 4.79 Å². The van der Waals surface area contributed by atoms with Crippen molar-refractivity contribution in [2.75, 3.05) is 13.1 Å². The molecule has 0 saturated carbocycles. The third-order valence-electron chi connectivity index (χ3n) is 5.75. The summed E-state index contributed by atoms with van der Waals surface area (Å²) in [6, 6.07) is 26.1. The van der Waals surface area contributed by atoms with Gasteiger partial charge >= 0.3 is 0 Å². The summed E-state index contributed by atoms with van der Waals surface area (Å²) in [5.74, 6) is -0.187. The molecule has 5 nitrogen and oxygen atoms in total. The van der Waals surface area contributed by atoms with E-state index in [9.17, 15) is 13.2 Å². The highest BCUT2D eigenvalue weighted by Crippen LogP contribution is 2.23. The fraction of sp³-hybridized carbons (Fsp3) is 0.269. The van der Waals surface area contributed by atoms with Crippen molar-refractivity contribution >= 4 is 15.9 Å². The highest BCUT2D eigenvalue weighted by Gasteiger charge is 2.27. The van der Waals surface area contributed by atoms with Gasteiger partial charge in [0.15, 0.2) is 0 Å². The van der Waals surface area contributed by atoms with Crippen LogP contribution in [0.5, 0.6) is 0 Å². The van der Waals surface area contributed by atoms with E-state index in [1.54, 1.807) is 23.1 Å². The molecule has 1 heterocycles. The number of piperidine rings is 1. The second-order valence-electron chi connectivity index (χ2n) is 8.12. The number of carbonyl (C=O) groups excluding carboxylic acids is 1. The molecule has 0 unspecified atom stereocenters. The SMILES string of the molecule is O=C(c1cccc(S(=O)(=O)N2CCCCC2)c1)N(Cc1ccccc1)Cc1ccccc1. The summed E-state index contributed by atoms with van der Waals surface area (Å²) in [7, 11) is -3.60. The van der Waals surface area contributed by atoms with Crippen molar-refractivity contribution in [1.82, 2.24) is 9.21 Å². The topological polar surface area (TPSA) is 57.7 Å². The van der Waals surface area contributed by atoms with E-state index in [1.165, 1.54) is 10.4 Å². The Kier molecular flexibility index (Phi) is 7.02. The van der Waals surface area contributed by atoms with Crippen LogP contribution in [0.25, 0.3) is 0 Å². The van der Waals surface area contributed by atoms with Gasteiger partial charge in [-0.15, -0.1) is 0 Å². The third kappa shape index (κ3) is 5.26. The third-order valence-corrected chi connectivity index (χ3v) is 7.65. The molecule has 0 spiro atoms. The van der Waals surface area contributed by atoms with Crippen LogP contribution in [-0.2, 0) is 23.1 Å². The molecule has 1 saturated heterocycles. The summed E-state index contributed by atoms with van der Waals surface area (Å²) in [6.07, 6.45) is 2.80. The molecule has 1 fully saturated rings. The van der Waals surface area contributed by atoms with Gasteiger partial charge in [0.25, 0.3) is 5.91 Å². The lowest BCUT2D eigenvalue weighted by Gasteiger charge is -2.26. The van der Waals surface area contributed by atoms with Gasteiger partial charge in [0.05, 0.1) is 4.90 Å². The first-order valence-electron chi connectivity index (χ1n) is 11.0. The molecule has 1 amide bonds. The fourth-order valence-electron chi connectivity index (χ4n) is 4.03. The summed E-state index contributed by atoms with van der Waals surface area (Å²) in [5, 5.41) is 0. The Labute approximate surface area is 190 Å². The molecule has 0 N–H and O–H groups in total. The molecular weight excluding hydrogens is 420 g/mol. The molecule has 0 radical (unpaired) electrons. The number of sulfonamides is 1. The molecule has 32 heavy (non-hydrogen) atoms. The van der Waals surface area contributed by atoms with Gasteiger partial charge < -0.3 is 4.90 Å². The lowest BCUT2D eigenvalue weighted by atomic mass is 10.1. The van der Waals surface area contributed by atoms with E-state index < -0.39 is 10.0 Å². The molecule has 6 heteroatoms. The molecule has 166 valence electrons. The van der Waals surface area contributed by atoms with E-state index in [0.29, 0.717) is 31.7 Å². The van der Waals surface area contributed by atoms with Crippen molar-refractivity contribution < 1.29 is 13.2 Å². The van der Waals surface area contributed by atoms with E-state index in [4.69, 9.17) is 0 Å². The standard InChI is InChI=1S/C26H28N2O3S/c29-26(24-15-10-16-25(19-24)32(30,31)28-17-8-3-9-18-28)27(20-22-11-4-1-5-12-22)21-23-13-6-2-7-14-23/h1-2,4-7,10-16,19H,3,8-9,17-18,20-21H2. The van der Waals surface area contributed by atoms with Crippen LogP contribution in [0, 0.1) is 0 Å². The van der Waals surface area contributed by atoms with E-state index in [1.807, 2.05) is 60.7 Å². The molecule has 0 aromatic heterocycles. The number of amides is 1. The van der Waals surface area contributed by atoms with Crippen molar-refractivity contribution in [1.29, 1.82) is 0 Å². The number of carbonyl (C=O) groups is 1. The summed E-state index contributed by atoms with van der Waals surface area (Å²) >= 11 is 0. The highest BCUT2D eigenvalue weighted by atomic mass is 32.2. The van der Waals surface area contributed by atoms with E-state index in [2.05, 4.69) is 0 Å².